The Bertz CT molecular complexity index is 889. The van der Waals surface area contributed by atoms with Gasteiger partial charge in [0.1, 0.15) is 0 Å². The summed E-state index contributed by atoms with van der Waals surface area (Å²) in [7, 11) is 4.18. The summed E-state index contributed by atoms with van der Waals surface area (Å²) in [5.41, 5.74) is 1.50. The number of hydrogen-bond acceptors (Lipinski definition) is 7. The lowest BCUT2D eigenvalue weighted by Crippen LogP contribution is -2.23. The molecule has 0 fully saturated rings. The monoisotopic (exact) mass is 369 g/mol. The van der Waals surface area contributed by atoms with Gasteiger partial charge in [-0.1, -0.05) is 6.07 Å². The van der Waals surface area contributed by atoms with Gasteiger partial charge in [0.25, 0.3) is 0 Å². The fourth-order valence-corrected chi connectivity index (χ4v) is 2.35. The highest BCUT2D eigenvalue weighted by molar-refractivity contribution is 5.99. The SMILES string of the molecule is COC(=O)c1cc(OC)c(OC)cc1NCC(=O)Nc1cccc(C#N)c1. The van der Waals surface area contributed by atoms with Crippen molar-refractivity contribution in [1.29, 1.82) is 5.26 Å². The third kappa shape index (κ3) is 4.89. The first-order valence-electron chi connectivity index (χ1n) is 7.90. The topological polar surface area (TPSA) is 110 Å². The number of hydrogen-bond donors (Lipinski definition) is 2. The van der Waals surface area contributed by atoms with Gasteiger partial charge in [0, 0.05) is 17.8 Å². The van der Waals surface area contributed by atoms with Crippen molar-refractivity contribution >= 4 is 23.3 Å². The Morgan fingerprint density at radius 2 is 1.78 bits per heavy atom. The summed E-state index contributed by atoms with van der Waals surface area (Å²) in [5, 5.41) is 14.5. The van der Waals surface area contributed by atoms with Gasteiger partial charge in [0.15, 0.2) is 11.5 Å². The summed E-state index contributed by atoms with van der Waals surface area (Å²) < 4.78 is 15.2. The van der Waals surface area contributed by atoms with E-state index in [0.29, 0.717) is 28.4 Å². The predicted octanol–water partition coefficient (Wildman–Crippen LogP) is 2.41. The highest BCUT2D eigenvalue weighted by Crippen LogP contribution is 2.33. The molecule has 0 atom stereocenters. The second-order valence-corrected chi connectivity index (χ2v) is 5.34. The molecule has 0 heterocycles. The van der Waals surface area contributed by atoms with Crippen molar-refractivity contribution in [2.45, 2.75) is 0 Å². The van der Waals surface area contributed by atoms with Crippen LogP contribution in [0.4, 0.5) is 11.4 Å². The lowest BCUT2D eigenvalue weighted by molar-refractivity contribution is -0.114. The van der Waals surface area contributed by atoms with Gasteiger partial charge in [0.2, 0.25) is 5.91 Å². The lowest BCUT2D eigenvalue weighted by Gasteiger charge is -2.15. The zero-order valence-electron chi connectivity index (χ0n) is 15.2. The van der Waals surface area contributed by atoms with E-state index in [0.717, 1.165) is 0 Å². The van der Waals surface area contributed by atoms with E-state index in [1.54, 1.807) is 30.3 Å². The minimum atomic E-state index is -0.583. The van der Waals surface area contributed by atoms with Crippen molar-refractivity contribution in [3.05, 3.63) is 47.5 Å². The molecule has 0 saturated heterocycles. The van der Waals surface area contributed by atoms with Crippen LogP contribution in [0.2, 0.25) is 0 Å². The van der Waals surface area contributed by atoms with E-state index < -0.39 is 5.97 Å². The average molecular weight is 369 g/mol. The van der Waals surface area contributed by atoms with Crippen LogP contribution in [-0.4, -0.2) is 39.8 Å². The van der Waals surface area contributed by atoms with Gasteiger partial charge < -0.3 is 24.8 Å². The Morgan fingerprint density at radius 3 is 2.41 bits per heavy atom. The molecule has 0 unspecified atom stereocenters. The molecule has 0 radical (unpaired) electrons. The number of benzene rings is 2. The Labute approximate surface area is 156 Å². The van der Waals surface area contributed by atoms with Gasteiger partial charge in [-0.3, -0.25) is 4.79 Å². The van der Waals surface area contributed by atoms with Crippen molar-refractivity contribution < 1.29 is 23.8 Å². The summed E-state index contributed by atoms with van der Waals surface area (Å²) in [6.45, 7) is -0.115. The number of nitrogens with one attached hydrogen (secondary N) is 2. The van der Waals surface area contributed by atoms with Crippen LogP contribution < -0.4 is 20.1 Å². The van der Waals surface area contributed by atoms with E-state index >= 15 is 0 Å². The summed E-state index contributed by atoms with van der Waals surface area (Å²) in [6.07, 6.45) is 0. The summed E-state index contributed by atoms with van der Waals surface area (Å²) in [4.78, 5) is 24.2. The first kappa shape index (κ1) is 19.6. The molecule has 0 aliphatic carbocycles. The van der Waals surface area contributed by atoms with Gasteiger partial charge in [-0.15, -0.1) is 0 Å². The van der Waals surface area contributed by atoms with Crippen LogP contribution in [0.3, 0.4) is 0 Å². The molecule has 1 amide bonds. The molecule has 0 aromatic heterocycles. The zero-order chi connectivity index (χ0) is 19.8. The van der Waals surface area contributed by atoms with Crippen molar-refractivity contribution in [3.63, 3.8) is 0 Å². The second-order valence-electron chi connectivity index (χ2n) is 5.34. The van der Waals surface area contributed by atoms with E-state index in [2.05, 4.69) is 10.6 Å². The first-order valence-corrected chi connectivity index (χ1v) is 7.90. The molecular weight excluding hydrogens is 350 g/mol. The van der Waals surface area contributed by atoms with Crippen LogP contribution in [0.1, 0.15) is 15.9 Å². The van der Waals surface area contributed by atoms with Gasteiger partial charge in [-0.25, -0.2) is 4.79 Å². The highest BCUT2D eigenvalue weighted by Gasteiger charge is 2.18. The molecule has 8 nitrogen and oxygen atoms in total. The van der Waals surface area contributed by atoms with E-state index in [1.165, 1.54) is 27.4 Å². The van der Waals surface area contributed by atoms with E-state index in [-0.39, 0.29) is 18.0 Å². The number of nitriles is 1. The van der Waals surface area contributed by atoms with Gasteiger partial charge in [0.05, 0.1) is 50.8 Å². The number of anilines is 2. The molecule has 2 rings (SSSR count). The van der Waals surface area contributed by atoms with Crippen LogP contribution in [0.5, 0.6) is 11.5 Å². The standard InChI is InChI=1S/C19H19N3O5/c1-25-16-8-14(19(24)27-3)15(9-17(16)26-2)21-11-18(23)22-13-6-4-5-12(7-13)10-20/h4-9,21H,11H2,1-3H3,(H,22,23). The Balaban J connectivity index is 2.16. The number of nitrogens with zero attached hydrogens (tertiary/aromatic N) is 1. The van der Waals surface area contributed by atoms with Crippen LogP contribution in [0.15, 0.2) is 36.4 Å². The number of carbonyl (C=O) groups is 2. The normalized spacial score (nSPS) is 9.70. The van der Waals surface area contributed by atoms with Crippen LogP contribution >= 0.6 is 0 Å². The number of esters is 1. The van der Waals surface area contributed by atoms with Gasteiger partial charge in [-0.05, 0) is 18.2 Å². The van der Waals surface area contributed by atoms with E-state index in [4.69, 9.17) is 19.5 Å². The first-order chi connectivity index (χ1) is 13.0. The molecule has 0 spiro atoms. The quantitative estimate of drug-likeness (QED) is 0.721. The molecule has 8 heteroatoms. The largest absolute Gasteiger partial charge is 0.493 e. The summed E-state index contributed by atoms with van der Waals surface area (Å²) >= 11 is 0. The maximum Gasteiger partial charge on any atom is 0.340 e. The molecule has 0 aliphatic heterocycles. The number of carbonyl (C=O) groups excluding carboxylic acids is 2. The van der Waals surface area contributed by atoms with Crippen molar-refractivity contribution in [2.75, 3.05) is 38.5 Å². The third-order valence-electron chi connectivity index (χ3n) is 3.64. The minimum Gasteiger partial charge on any atom is -0.493 e. The molecule has 0 saturated carbocycles. The number of methoxy groups -OCH3 is 3. The van der Waals surface area contributed by atoms with Crippen LogP contribution in [-0.2, 0) is 9.53 Å². The van der Waals surface area contributed by atoms with Crippen molar-refractivity contribution in [2.24, 2.45) is 0 Å². The van der Waals surface area contributed by atoms with E-state index in [1.807, 2.05) is 6.07 Å². The fourth-order valence-electron chi connectivity index (χ4n) is 2.35. The van der Waals surface area contributed by atoms with E-state index in [9.17, 15) is 9.59 Å². The second kappa shape index (κ2) is 9.10. The summed E-state index contributed by atoms with van der Waals surface area (Å²) in [6, 6.07) is 11.6. The Kier molecular flexibility index (Phi) is 6.61. The average Bonchev–Trinajstić information content (AvgIpc) is 2.70. The molecule has 2 aromatic carbocycles. The highest BCUT2D eigenvalue weighted by atomic mass is 16.5. The number of rotatable bonds is 7. The van der Waals surface area contributed by atoms with Gasteiger partial charge >= 0.3 is 5.97 Å². The fraction of sp³-hybridized carbons (Fsp3) is 0.211. The molecule has 0 aliphatic rings. The molecule has 140 valence electrons. The molecular formula is C19H19N3O5. The molecule has 2 aromatic rings. The zero-order valence-corrected chi connectivity index (χ0v) is 15.2. The third-order valence-corrected chi connectivity index (χ3v) is 3.64. The molecule has 2 N–H and O–H groups in total. The molecule has 27 heavy (non-hydrogen) atoms. The minimum absolute atomic E-state index is 0.115. The predicted molar refractivity (Wildman–Crippen MR) is 99.2 cm³/mol. The van der Waals surface area contributed by atoms with Crippen molar-refractivity contribution in [1.82, 2.24) is 0 Å². The Hall–Kier alpha value is -3.73. The smallest absolute Gasteiger partial charge is 0.340 e. The Morgan fingerprint density at radius 1 is 1.07 bits per heavy atom. The number of amides is 1. The number of ether oxygens (including phenoxy) is 3. The van der Waals surface area contributed by atoms with Crippen molar-refractivity contribution in [3.8, 4) is 17.6 Å². The maximum absolute atomic E-state index is 12.2. The van der Waals surface area contributed by atoms with Crippen LogP contribution in [0, 0.1) is 11.3 Å². The van der Waals surface area contributed by atoms with Crippen LogP contribution in [0.25, 0.3) is 0 Å². The lowest BCUT2D eigenvalue weighted by atomic mass is 10.1. The maximum atomic E-state index is 12.2. The van der Waals surface area contributed by atoms with Gasteiger partial charge in [-0.2, -0.15) is 5.26 Å². The summed E-state index contributed by atoms with van der Waals surface area (Å²) in [5.74, 6) is -0.174. The molecule has 0 bridgehead atoms.